The molecule has 22 heavy (non-hydrogen) atoms. The number of carbonyl (C=O) groups is 1. The van der Waals surface area contributed by atoms with Gasteiger partial charge in [0, 0.05) is 17.9 Å². The van der Waals surface area contributed by atoms with Gasteiger partial charge in [-0.05, 0) is 42.2 Å². The fourth-order valence-corrected chi connectivity index (χ4v) is 3.05. The summed E-state index contributed by atoms with van der Waals surface area (Å²) in [5, 5.41) is 0. The molecule has 1 atom stereocenters. The molecule has 0 heterocycles. The molecule has 1 saturated carbocycles. The number of hydrogen-bond acceptors (Lipinski definition) is 2. The molecule has 2 aromatic rings. The molecular formula is C20H20O2. The maximum absolute atomic E-state index is 12.4. The Bertz CT molecular complexity index is 669. The molecule has 0 saturated heterocycles. The van der Waals surface area contributed by atoms with Gasteiger partial charge in [0.05, 0.1) is 7.11 Å². The molecule has 0 radical (unpaired) electrons. The van der Waals surface area contributed by atoms with Crippen LogP contribution in [0, 0.1) is 0 Å². The Morgan fingerprint density at radius 1 is 1.05 bits per heavy atom. The first-order valence-corrected chi connectivity index (χ1v) is 7.72. The highest BCUT2D eigenvalue weighted by molar-refractivity contribution is 6.01. The molecule has 0 amide bonds. The number of ether oxygens (including phenoxy) is 1. The number of rotatable bonds is 3. The topological polar surface area (TPSA) is 26.3 Å². The van der Waals surface area contributed by atoms with Gasteiger partial charge in [-0.25, -0.2) is 0 Å². The average molecular weight is 292 g/mol. The number of benzene rings is 2. The van der Waals surface area contributed by atoms with Crippen molar-refractivity contribution in [3.63, 3.8) is 0 Å². The third kappa shape index (κ3) is 3.11. The number of allylic oxidation sites excluding steroid dienone is 1. The summed E-state index contributed by atoms with van der Waals surface area (Å²) in [6.45, 7) is 0. The van der Waals surface area contributed by atoms with Gasteiger partial charge in [-0.2, -0.15) is 0 Å². The molecule has 0 aromatic heterocycles. The molecule has 112 valence electrons. The largest absolute Gasteiger partial charge is 0.497 e. The Kier molecular flexibility index (Phi) is 4.38. The predicted octanol–water partition coefficient (Wildman–Crippen LogP) is 4.62. The van der Waals surface area contributed by atoms with Gasteiger partial charge in [0.1, 0.15) is 5.75 Å². The van der Waals surface area contributed by atoms with Gasteiger partial charge >= 0.3 is 0 Å². The van der Waals surface area contributed by atoms with Gasteiger partial charge in [-0.3, -0.25) is 4.79 Å². The van der Waals surface area contributed by atoms with E-state index in [1.54, 1.807) is 7.11 Å². The minimum Gasteiger partial charge on any atom is -0.497 e. The van der Waals surface area contributed by atoms with Crippen LogP contribution in [-0.2, 0) is 4.79 Å². The highest BCUT2D eigenvalue weighted by Crippen LogP contribution is 2.36. The van der Waals surface area contributed by atoms with E-state index in [1.807, 2.05) is 48.5 Å². The van der Waals surface area contributed by atoms with E-state index in [1.165, 1.54) is 5.56 Å². The van der Waals surface area contributed by atoms with E-state index in [-0.39, 0.29) is 11.7 Å². The van der Waals surface area contributed by atoms with Crippen LogP contribution >= 0.6 is 0 Å². The predicted molar refractivity (Wildman–Crippen MR) is 89.0 cm³/mol. The lowest BCUT2D eigenvalue weighted by Crippen LogP contribution is -2.17. The summed E-state index contributed by atoms with van der Waals surface area (Å²) < 4.78 is 5.18. The van der Waals surface area contributed by atoms with Crippen molar-refractivity contribution in [2.75, 3.05) is 7.11 Å². The van der Waals surface area contributed by atoms with Gasteiger partial charge in [0.25, 0.3) is 0 Å². The Morgan fingerprint density at radius 2 is 1.77 bits per heavy atom. The zero-order valence-corrected chi connectivity index (χ0v) is 12.8. The van der Waals surface area contributed by atoms with E-state index in [4.69, 9.17) is 4.74 Å². The van der Waals surface area contributed by atoms with E-state index >= 15 is 0 Å². The van der Waals surface area contributed by atoms with Gasteiger partial charge in [0.2, 0.25) is 0 Å². The van der Waals surface area contributed by atoms with Crippen LogP contribution in [0.3, 0.4) is 0 Å². The first kappa shape index (κ1) is 14.6. The summed E-state index contributed by atoms with van der Waals surface area (Å²) in [4.78, 5) is 12.4. The molecule has 1 unspecified atom stereocenters. The van der Waals surface area contributed by atoms with Crippen LogP contribution in [0.5, 0.6) is 5.75 Å². The summed E-state index contributed by atoms with van der Waals surface area (Å²) in [5.41, 5.74) is 3.21. The lowest BCUT2D eigenvalue weighted by atomic mass is 9.78. The van der Waals surface area contributed by atoms with Gasteiger partial charge in [-0.15, -0.1) is 0 Å². The van der Waals surface area contributed by atoms with Gasteiger partial charge in [0.15, 0.2) is 5.78 Å². The molecule has 0 spiro atoms. The Labute approximate surface area is 131 Å². The highest BCUT2D eigenvalue weighted by atomic mass is 16.5. The van der Waals surface area contributed by atoms with Crippen LogP contribution in [0.2, 0.25) is 0 Å². The number of hydrogen-bond donors (Lipinski definition) is 0. The normalized spacial score (nSPS) is 20.1. The molecule has 2 aromatic carbocycles. The summed E-state index contributed by atoms with van der Waals surface area (Å²) in [6, 6.07) is 18.2. The van der Waals surface area contributed by atoms with E-state index in [0.29, 0.717) is 6.42 Å². The smallest absolute Gasteiger partial charge is 0.159 e. The van der Waals surface area contributed by atoms with Crippen LogP contribution < -0.4 is 4.74 Å². The molecule has 0 bridgehead atoms. The quantitative estimate of drug-likeness (QED) is 0.772. The molecule has 2 nitrogen and oxygen atoms in total. The van der Waals surface area contributed by atoms with Crippen LogP contribution in [0.25, 0.3) is 6.08 Å². The third-order valence-corrected chi connectivity index (χ3v) is 4.23. The number of carbonyl (C=O) groups excluding carboxylic acids is 1. The lowest BCUT2D eigenvalue weighted by molar-refractivity contribution is -0.116. The molecule has 2 heteroatoms. The standard InChI is InChI=1S/C20H20O2/c1-22-17-12-10-15(11-13-17)14-19-18(8-5-9-20(19)21)16-6-3-2-4-7-16/h2-4,6-7,10-14,18H,5,8-9H2,1H3/b19-14-. The molecule has 0 aliphatic heterocycles. The minimum atomic E-state index is 0.213. The molecule has 3 rings (SSSR count). The fraction of sp³-hybridized carbons (Fsp3) is 0.250. The summed E-state index contributed by atoms with van der Waals surface area (Å²) in [7, 11) is 1.66. The van der Waals surface area contributed by atoms with E-state index in [0.717, 1.165) is 29.7 Å². The second-order valence-electron chi connectivity index (χ2n) is 5.65. The van der Waals surface area contributed by atoms with Crippen LogP contribution in [-0.4, -0.2) is 12.9 Å². The second-order valence-corrected chi connectivity index (χ2v) is 5.65. The van der Waals surface area contributed by atoms with Crippen molar-refractivity contribution in [3.8, 4) is 5.75 Å². The Balaban J connectivity index is 1.95. The summed E-state index contributed by atoms with van der Waals surface area (Å²) in [5.74, 6) is 1.32. The zero-order valence-electron chi connectivity index (χ0n) is 12.8. The fourth-order valence-electron chi connectivity index (χ4n) is 3.05. The molecule has 1 aliphatic carbocycles. The first-order chi connectivity index (χ1) is 10.8. The Hall–Kier alpha value is -2.35. The van der Waals surface area contributed by atoms with E-state index in [9.17, 15) is 4.79 Å². The maximum atomic E-state index is 12.4. The number of methoxy groups -OCH3 is 1. The van der Waals surface area contributed by atoms with Crippen LogP contribution in [0.15, 0.2) is 60.2 Å². The summed E-state index contributed by atoms with van der Waals surface area (Å²) in [6.07, 6.45) is 4.71. The lowest BCUT2D eigenvalue weighted by Gasteiger charge is -2.25. The summed E-state index contributed by atoms with van der Waals surface area (Å²) >= 11 is 0. The van der Waals surface area contributed by atoms with Crippen molar-refractivity contribution in [2.24, 2.45) is 0 Å². The van der Waals surface area contributed by atoms with Crippen molar-refractivity contribution >= 4 is 11.9 Å². The molecule has 1 aliphatic rings. The minimum absolute atomic E-state index is 0.213. The maximum Gasteiger partial charge on any atom is 0.159 e. The molecule has 0 N–H and O–H groups in total. The number of ketones is 1. The van der Waals surface area contributed by atoms with Crippen molar-refractivity contribution in [3.05, 3.63) is 71.3 Å². The van der Waals surface area contributed by atoms with E-state index in [2.05, 4.69) is 12.1 Å². The van der Waals surface area contributed by atoms with Crippen molar-refractivity contribution in [1.82, 2.24) is 0 Å². The Morgan fingerprint density at radius 3 is 2.45 bits per heavy atom. The van der Waals surface area contributed by atoms with Crippen LogP contribution in [0.1, 0.15) is 36.3 Å². The zero-order chi connectivity index (χ0) is 15.4. The monoisotopic (exact) mass is 292 g/mol. The molecular weight excluding hydrogens is 272 g/mol. The molecule has 1 fully saturated rings. The van der Waals surface area contributed by atoms with Gasteiger partial charge in [-0.1, -0.05) is 42.5 Å². The average Bonchev–Trinajstić information content (AvgIpc) is 2.58. The van der Waals surface area contributed by atoms with E-state index < -0.39 is 0 Å². The van der Waals surface area contributed by atoms with Crippen LogP contribution in [0.4, 0.5) is 0 Å². The van der Waals surface area contributed by atoms with Crippen molar-refractivity contribution in [1.29, 1.82) is 0 Å². The SMILES string of the molecule is COc1ccc(/C=C2\C(=O)CCCC2c2ccccc2)cc1. The first-order valence-electron chi connectivity index (χ1n) is 7.72. The van der Waals surface area contributed by atoms with Gasteiger partial charge < -0.3 is 4.74 Å². The van der Waals surface area contributed by atoms with Crippen molar-refractivity contribution < 1.29 is 9.53 Å². The second kappa shape index (κ2) is 6.61. The van der Waals surface area contributed by atoms with Crippen molar-refractivity contribution in [2.45, 2.75) is 25.2 Å². The number of Topliss-reactive ketones (excluding diaryl/α,β-unsaturated/α-hetero) is 1. The third-order valence-electron chi connectivity index (χ3n) is 4.23. The highest BCUT2D eigenvalue weighted by Gasteiger charge is 2.26.